The topological polar surface area (TPSA) is 33.7 Å². The van der Waals surface area contributed by atoms with Crippen molar-refractivity contribution in [2.45, 2.75) is 64.5 Å². The van der Waals surface area contributed by atoms with Gasteiger partial charge in [0.05, 0.1) is 19.8 Å². The highest BCUT2D eigenvalue weighted by molar-refractivity contribution is 5.03. The van der Waals surface area contributed by atoms with Gasteiger partial charge in [0.1, 0.15) is 0 Å². The van der Waals surface area contributed by atoms with Gasteiger partial charge in [0.15, 0.2) is 0 Å². The van der Waals surface area contributed by atoms with E-state index >= 15 is 0 Å². The average molecular weight is 300 g/mol. The Morgan fingerprint density at radius 1 is 0.952 bits per heavy atom. The SMILES string of the molecule is CCC1(CC)CN(CCOCCOC)C(CC)(CC)CN1. The molecule has 0 atom stereocenters. The molecule has 0 spiro atoms. The third kappa shape index (κ3) is 4.65. The van der Waals surface area contributed by atoms with Crippen LogP contribution in [0.3, 0.4) is 0 Å². The first-order chi connectivity index (χ1) is 10.1. The molecule has 0 bridgehead atoms. The molecule has 0 radical (unpaired) electrons. The van der Waals surface area contributed by atoms with Crippen LogP contribution in [0.2, 0.25) is 0 Å². The van der Waals surface area contributed by atoms with Crippen molar-refractivity contribution in [1.29, 1.82) is 0 Å². The van der Waals surface area contributed by atoms with E-state index in [1.54, 1.807) is 7.11 Å². The zero-order valence-electron chi connectivity index (χ0n) is 14.8. The average Bonchev–Trinajstić information content (AvgIpc) is 2.54. The fraction of sp³-hybridized carbons (Fsp3) is 1.00. The molecule has 0 amide bonds. The molecular weight excluding hydrogens is 264 g/mol. The van der Waals surface area contributed by atoms with Crippen LogP contribution in [0.25, 0.3) is 0 Å². The lowest BCUT2D eigenvalue weighted by Gasteiger charge is -2.54. The molecule has 1 fully saturated rings. The fourth-order valence-corrected chi connectivity index (χ4v) is 3.46. The van der Waals surface area contributed by atoms with Crippen LogP contribution in [0.15, 0.2) is 0 Å². The quantitative estimate of drug-likeness (QED) is 0.629. The fourth-order valence-electron chi connectivity index (χ4n) is 3.46. The first-order valence-electron chi connectivity index (χ1n) is 8.68. The van der Waals surface area contributed by atoms with Crippen molar-refractivity contribution < 1.29 is 9.47 Å². The summed E-state index contributed by atoms with van der Waals surface area (Å²) in [7, 11) is 1.72. The van der Waals surface area contributed by atoms with Crippen molar-refractivity contribution in [2.24, 2.45) is 0 Å². The highest BCUT2D eigenvalue weighted by atomic mass is 16.5. The molecule has 0 aromatic rings. The summed E-state index contributed by atoms with van der Waals surface area (Å²) < 4.78 is 10.7. The van der Waals surface area contributed by atoms with Crippen molar-refractivity contribution in [2.75, 3.05) is 46.6 Å². The molecule has 1 aliphatic rings. The van der Waals surface area contributed by atoms with Gasteiger partial charge in [0.25, 0.3) is 0 Å². The van der Waals surface area contributed by atoms with Crippen LogP contribution in [0.5, 0.6) is 0 Å². The number of piperazine rings is 1. The van der Waals surface area contributed by atoms with Crippen LogP contribution >= 0.6 is 0 Å². The zero-order valence-corrected chi connectivity index (χ0v) is 14.8. The van der Waals surface area contributed by atoms with Gasteiger partial charge in [0, 0.05) is 37.8 Å². The predicted molar refractivity (Wildman–Crippen MR) is 88.9 cm³/mol. The Hall–Kier alpha value is -0.160. The van der Waals surface area contributed by atoms with E-state index in [1.807, 2.05) is 0 Å². The number of ether oxygens (including phenoxy) is 2. The van der Waals surface area contributed by atoms with Crippen LogP contribution < -0.4 is 5.32 Å². The highest BCUT2D eigenvalue weighted by Crippen LogP contribution is 2.32. The minimum absolute atomic E-state index is 0.278. The summed E-state index contributed by atoms with van der Waals surface area (Å²) in [6.45, 7) is 14.7. The number of nitrogens with zero attached hydrogens (tertiary/aromatic N) is 1. The molecule has 1 heterocycles. The van der Waals surface area contributed by atoms with Gasteiger partial charge in [-0.05, 0) is 25.7 Å². The van der Waals surface area contributed by atoms with E-state index in [0.29, 0.717) is 18.8 Å². The van der Waals surface area contributed by atoms with E-state index in [4.69, 9.17) is 9.47 Å². The summed E-state index contributed by atoms with van der Waals surface area (Å²) in [6, 6.07) is 0. The van der Waals surface area contributed by atoms with Gasteiger partial charge < -0.3 is 14.8 Å². The van der Waals surface area contributed by atoms with E-state index in [1.165, 1.54) is 25.7 Å². The number of nitrogens with one attached hydrogen (secondary N) is 1. The Balaban J connectivity index is 2.65. The molecule has 1 saturated heterocycles. The molecule has 0 aromatic heterocycles. The molecule has 4 nitrogen and oxygen atoms in total. The van der Waals surface area contributed by atoms with Gasteiger partial charge in [-0.15, -0.1) is 0 Å². The smallest absolute Gasteiger partial charge is 0.0700 e. The van der Waals surface area contributed by atoms with Crippen molar-refractivity contribution in [3.8, 4) is 0 Å². The molecule has 0 aromatic carbocycles. The van der Waals surface area contributed by atoms with E-state index in [2.05, 4.69) is 37.9 Å². The van der Waals surface area contributed by atoms with Gasteiger partial charge in [-0.3, -0.25) is 4.90 Å². The summed E-state index contributed by atoms with van der Waals surface area (Å²) in [5, 5.41) is 3.86. The lowest BCUT2D eigenvalue weighted by atomic mass is 9.80. The van der Waals surface area contributed by atoms with E-state index in [0.717, 1.165) is 26.2 Å². The standard InChI is InChI=1S/C17H36N2O2/c1-6-16(7-2)15-19(10-11-21-13-12-20-5)17(8-3,9-4)14-18-16/h18H,6-15H2,1-5H3. The molecule has 1 rings (SSSR count). The van der Waals surface area contributed by atoms with Gasteiger partial charge in [-0.2, -0.15) is 0 Å². The largest absolute Gasteiger partial charge is 0.382 e. The predicted octanol–water partition coefficient (Wildman–Crippen LogP) is 2.67. The Bertz CT molecular complexity index is 276. The maximum absolute atomic E-state index is 5.71. The second kappa shape index (κ2) is 9.09. The molecule has 0 saturated carbocycles. The molecule has 21 heavy (non-hydrogen) atoms. The molecular formula is C17H36N2O2. The van der Waals surface area contributed by atoms with Crippen LogP contribution in [0, 0.1) is 0 Å². The maximum atomic E-state index is 5.71. The molecule has 1 aliphatic heterocycles. The van der Waals surface area contributed by atoms with Crippen LogP contribution in [-0.4, -0.2) is 62.5 Å². The number of rotatable bonds is 10. The minimum atomic E-state index is 0.278. The molecule has 4 heteroatoms. The summed E-state index contributed by atoms with van der Waals surface area (Å²) in [5.74, 6) is 0. The van der Waals surface area contributed by atoms with E-state index < -0.39 is 0 Å². The molecule has 0 aliphatic carbocycles. The second-order valence-corrected chi connectivity index (χ2v) is 6.30. The van der Waals surface area contributed by atoms with E-state index in [9.17, 15) is 0 Å². The van der Waals surface area contributed by atoms with Gasteiger partial charge in [-0.25, -0.2) is 0 Å². The lowest BCUT2D eigenvalue weighted by molar-refractivity contribution is -0.0273. The van der Waals surface area contributed by atoms with Gasteiger partial charge in [-0.1, -0.05) is 27.7 Å². The summed E-state index contributed by atoms with van der Waals surface area (Å²) in [4.78, 5) is 2.68. The zero-order chi connectivity index (χ0) is 15.8. The highest BCUT2D eigenvalue weighted by Gasteiger charge is 2.43. The second-order valence-electron chi connectivity index (χ2n) is 6.30. The van der Waals surface area contributed by atoms with Gasteiger partial charge >= 0.3 is 0 Å². The Labute approximate surface area is 131 Å². The maximum Gasteiger partial charge on any atom is 0.0700 e. The minimum Gasteiger partial charge on any atom is -0.382 e. The molecule has 126 valence electrons. The monoisotopic (exact) mass is 300 g/mol. The Morgan fingerprint density at radius 2 is 1.62 bits per heavy atom. The summed E-state index contributed by atoms with van der Waals surface area (Å²) in [6.07, 6.45) is 4.76. The summed E-state index contributed by atoms with van der Waals surface area (Å²) in [5.41, 5.74) is 0.568. The van der Waals surface area contributed by atoms with Crippen LogP contribution in [0.1, 0.15) is 53.4 Å². The van der Waals surface area contributed by atoms with Crippen molar-refractivity contribution in [1.82, 2.24) is 10.2 Å². The Kier molecular flexibility index (Phi) is 8.17. The van der Waals surface area contributed by atoms with E-state index in [-0.39, 0.29) is 5.54 Å². The van der Waals surface area contributed by atoms with Gasteiger partial charge in [0.2, 0.25) is 0 Å². The lowest BCUT2D eigenvalue weighted by Crippen LogP contribution is -2.69. The van der Waals surface area contributed by atoms with Crippen LogP contribution in [0.4, 0.5) is 0 Å². The number of hydrogen-bond acceptors (Lipinski definition) is 4. The normalized spacial score (nSPS) is 21.6. The number of methoxy groups -OCH3 is 1. The third-order valence-corrected chi connectivity index (χ3v) is 5.56. The summed E-state index contributed by atoms with van der Waals surface area (Å²) >= 11 is 0. The Morgan fingerprint density at radius 3 is 2.14 bits per heavy atom. The molecule has 0 unspecified atom stereocenters. The number of hydrogen-bond donors (Lipinski definition) is 1. The van der Waals surface area contributed by atoms with Crippen LogP contribution in [-0.2, 0) is 9.47 Å². The van der Waals surface area contributed by atoms with Crippen molar-refractivity contribution in [3.05, 3.63) is 0 Å². The third-order valence-electron chi connectivity index (χ3n) is 5.56. The first kappa shape index (κ1) is 18.9. The van der Waals surface area contributed by atoms with Crippen molar-refractivity contribution >= 4 is 0 Å². The first-order valence-corrected chi connectivity index (χ1v) is 8.68. The van der Waals surface area contributed by atoms with Crippen molar-refractivity contribution in [3.63, 3.8) is 0 Å². The molecule has 1 N–H and O–H groups in total.